The molecule has 7 nitrogen and oxygen atoms in total. The molecule has 0 bridgehead atoms. The molecule has 3 aliphatic heterocycles. The van der Waals surface area contributed by atoms with Gasteiger partial charge in [0.15, 0.2) is 0 Å². The Labute approximate surface area is 262 Å². The summed E-state index contributed by atoms with van der Waals surface area (Å²) in [6.45, 7) is 7.87. The summed E-state index contributed by atoms with van der Waals surface area (Å²) < 4.78 is 5.62. The van der Waals surface area contributed by atoms with Crippen LogP contribution in [-0.2, 0) is 10.2 Å². The van der Waals surface area contributed by atoms with Crippen molar-refractivity contribution in [2.45, 2.75) is 63.5 Å². The Hall–Kier alpha value is -3.26. The van der Waals surface area contributed by atoms with Gasteiger partial charge in [0, 0.05) is 39.7 Å². The first-order valence-corrected chi connectivity index (χ1v) is 15.6. The number of fused-ring (bicyclic) bond motifs is 3. The summed E-state index contributed by atoms with van der Waals surface area (Å²) in [5.74, 6) is -0.933. The van der Waals surface area contributed by atoms with Crippen LogP contribution in [-0.4, -0.2) is 54.3 Å². The Kier molecular flexibility index (Phi) is 7.64. The van der Waals surface area contributed by atoms with Gasteiger partial charge in [0.05, 0.1) is 31.1 Å². The summed E-state index contributed by atoms with van der Waals surface area (Å²) in [7, 11) is 1.50. The standard InChI is InChI=1S/C34H37Cl2N3O4/c1-5-33(3,6-2)17-28-34(18-37-25-16-23(36)11-12-24(25)34)29(20-8-7-9-22(35)14-20)30-31(40)38(19-39(28)30)26-13-10-21(32(41)42)15-27(26)43-4/h7-16,28-30,37H,5-6,17-19H2,1-4H3,(H,41,42)/t28-,29-,30+,34-/m0/s1. The van der Waals surface area contributed by atoms with Crippen LogP contribution in [0.15, 0.2) is 60.7 Å². The molecule has 2 N–H and O–H groups in total. The third kappa shape index (κ3) is 4.68. The number of anilines is 2. The van der Waals surface area contributed by atoms with Crippen molar-refractivity contribution in [2.24, 2.45) is 5.41 Å². The van der Waals surface area contributed by atoms with Crippen LogP contribution >= 0.6 is 23.2 Å². The molecule has 0 aliphatic carbocycles. The average molecular weight is 623 g/mol. The minimum Gasteiger partial charge on any atom is -0.495 e. The Morgan fingerprint density at radius 1 is 1.09 bits per heavy atom. The summed E-state index contributed by atoms with van der Waals surface area (Å²) in [5.41, 5.74) is 3.52. The third-order valence-electron chi connectivity index (χ3n) is 10.4. The van der Waals surface area contributed by atoms with Gasteiger partial charge >= 0.3 is 5.97 Å². The first kappa shape index (κ1) is 29.8. The molecule has 43 heavy (non-hydrogen) atoms. The van der Waals surface area contributed by atoms with Gasteiger partial charge in [0.25, 0.3) is 0 Å². The Bertz CT molecular complexity index is 1590. The molecule has 6 rings (SSSR count). The summed E-state index contributed by atoms with van der Waals surface area (Å²) in [4.78, 5) is 30.6. The molecule has 0 unspecified atom stereocenters. The number of carboxylic acids is 1. The van der Waals surface area contributed by atoms with E-state index in [4.69, 9.17) is 27.9 Å². The predicted molar refractivity (Wildman–Crippen MR) is 171 cm³/mol. The van der Waals surface area contributed by atoms with Crippen molar-refractivity contribution in [2.75, 3.05) is 30.5 Å². The molecule has 3 aromatic rings. The highest BCUT2D eigenvalue weighted by atomic mass is 35.5. The summed E-state index contributed by atoms with van der Waals surface area (Å²) in [6.07, 6.45) is 2.92. The number of methoxy groups -OCH3 is 1. The maximum absolute atomic E-state index is 14.7. The van der Waals surface area contributed by atoms with Crippen molar-refractivity contribution >= 4 is 46.5 Å². The highest BCUT2D eigenvalue weighted by Gasteiger charge is 2.67. The van der Waals surface area contributed by atoms with Crippen molar-refractivity contribution < 1.29 is 19.4 Å². The van der Waals surface area contributed by atoms with Crippen LogP contribution in [0.2, 0.25) is 10.0 Å². The lowest BCUT2D eigenvalue weighted by atomic mass is 9.62. The van der Waals surface area contributed by atoms with Gasteiger partial charge in [-0.05, 0) is 65.4 Å². The number of hydrogen-bond donors (Lipinski definition) is 2. The van der Waals surface area contributed by atoms with Crippen molar-refractivity contribution in [1.82, 2.24) is 4.90 Å². The van der Waals surface area contributed by atoms with Crippen molar-refractivity contribution in [3.63, 3.8) is 0 Å². The molecule has 0 radical (unpaired) electrons. The van der Waals surface area contributed by atoms with Crippen LogP contribution in [0.4, 0.5) is 11.4 Å². The molecular formula is C34H37Cl2N3O4. The zero-order valence-corrected chi connectivity index (χ0v) is 26.4. The number of nitrogens with one attached hydrogen (secondary N) is 1. The number of nitrogens with zero attached hydrogens (tertiary/aromatic N) is 2. The van der Waals surface area contributed by atoms with Gasteiger partial charge in [-0.1, -0.05) is 75.0 Å². The van der Waals surface area contributed by atoms with E-state index in [0.717, 1.165) is 30.5 Å². The van der Waals surface area contributed by atoms with Crippen molar-refractivity contribution in [3.8, 4) is 5.75 Å². The largest absolute Gasteiger partial charge is 0.495 e. The van der Waals surface area contributed by atoms with E-state index >= 15 is 0 Å². The van der Waals surface area contributed by atoms with E-state index in [2.05, 4.69) is 43.1 Å². The van der Waals surface area contributed by atoms with Crippen molar-refractivity contribution in [3.05, 3.63) is 87.4 Å². The van der Waals surface area contributed by atoms with Crippen LogP contribution in [0.1, 0.15) is 67.4 Å². The maximum atomic E-state index is 14.7. The number of hydrogen-bond acceptors (Lipinski definition) is 5. The van der Waals surface area contributed by atoms with Crippen LogP contribution < -0.4 is 15.0 Å². The highest BCUT2D eigenvalue weighted by Crippen LogP contribution is 2.61. The molecule has 3 heterocycles. The molecule has 1 amide bonds. The van der Waals surface area contributed by atoms with Crippen molar-refractivity contribution in [1.29, 1.82) is 0 Å². The Balaban J connectivity index is 1.55. The molecule has 226 valence electrons. The molecule has 4 atom stereocenters. The number of carboxylic acid groups (broad SMARTS) is 1. The summed E-state index contributed by atoms with van der Waals surface area (Å²) in [6, 6.07) is 18.2. The lowest BCUT2D eigenvalue weighted by molar-refractivity contribution is -0.119. The van der Waals surface area contributed by atoms with E-state index in [1.807, 2.05) is 30.3 Å². The van der Waals surface area contributed by atoms with E-state index in [1.165, 1.54) is 24.8 Å². The Morgan fingerprint density at radius 2 is 1.84 bits per heavy atom. The fourth-order valence-corrected chi connectivity index (χ4v) is 8.10. The first-order valence-electron chi connectivity index (χ1n) is 14.8. The van der Waals surface area contributed by atoms with Gasteiger partial charge in [-0.2, -0.15) is 0 Å². The molecule has 2 fully saturated rings. The molecule has 0 aromatic heterocycles. The Morgan fingerprint density at radius 3 is 2.51 bits per heavy atom. The maximum Gasteiger partial charge on any atom is 0.335 e. The number of amides is 1. The minimum atomic E-state index is -1.05. The number of rotatable bonds is 8. The van der Waals surface area contributed by atoms with E-state index in [-0.39, 0.29) is 28.8 Å². The number of halogens is 2. The SMILES string of the molecule is CCC(C)(CC)C[C@@H]1N2CN(c3ccc(C(=O)O)cc3OC)C(=O)[C@H]2[C@H](c2cccc(Cl)c2)[C@]12CNc1cc(Cl)ccc12. The fraction of sp³-hybridized carbons (Fsp3) is 0.412. The lowest BCUT2D eigenvalue weighted by Gasteiger charge is -2.43. The van der Waals surface area contributed by atoms with Crippen LogP contribution in [0.3, 0.4) is 0 Å². The van der Waals surface area contributed by atoms with E-state index < -0.39 is 17.4 Å². The second-order valence-electron chi connectivity index (χ2n) is 12.4. The monoisotopic (exact) mass is 621 g/mol. The van der Waals surface area contributed by atoms with Crippen LogP contribution in [0, 0.1) is 5.41 Å². The van der Waals surface area contributed by atoms with Crippen LogP contribution in [0.5, 0.6) is 5.75 Å². The topological polar surface area (TPSA) is 82.1 Å². The summed E-state index contributed by atoms with van der Waals surface area (Å²) >= 11 is 13.1. The van der Waals surface area contributed by atoms with Gasteiger partial charge in [0.1, 0.15) is 5.75 Å². The fourth-order valence-electron chi connectivity index (χ4n) is 7.73. The van der Waals surface area contributed by atoms with E-state index in [0.29, 0.717) is 34.7 Å². The smallest absolute Gasteiger partial charge is 0.335 e. The zero-order valence-electron chi connectivity index (χ0n) is 24.9. The molecule has 3 aromatic carbocycles. The predicted octanol–water partition coefficient (Wildman–Crippen LogP) is 7.42. The number of carbonyl (C=O) groups is 2. The second-order valence-corrected chi connectivity index (χ2v) is 13.3. The average Bonchev–Trinajstić information content (AvgIpc) is 3.62. The van der Waals surface area contributed by atoms with E-state index in [9.17, 15) is 14.7 Å². The number of carbonyl (C=O) groups excluding carboxylic acids is 1. The minimum absolute atomic E-state index is 0.0135. The second kappa shape index (κ2) is 11.0. The molecule has 1 spiro atoms. The lowest BCUT2D eigenvalue weighted by Crippen LogP contribution is -2.50. The molecule has 9 heteroatoms. The zero-order chi connectivity index (χ0) is 30.7. The molecule has 0 saturated carbocycles. The van der Waals surface area contributed by atoms with Gasteiger partial charge < -0.3 is 15.2 Å². The molecule has 3 aliphatic rings. The van der Waals surface area contributed by atoms with Crippen LogP contribution in [0.25, 0.3) is 0 Å². The first-order chi connectivity index (χ1) is 20.6. The van der Waals surface area contributed by atoms with Gasteiger partial charge in [-0.25, -0.2) is 4.79 Å². The normalized spacial score (nSPS) is 24.7. The summed E-state index contributed by atoms with van der Waals surface area (Å²) in [5, 5.41) is 14.5. The van der Waals surface area contributed by atoms with Gasteiger partial charge in [-0.3, -0.25) is 14.6 Å². The molecular weight excluding hydrogens is 585 g/mol. The number of ether oxygens (including phenoxy) is 1. The van der Waals surface area contributed by atoms with Gasteiger partial charge in [-0.15, -0.1) is 0 Å². The number of benzene rings is 3. The van der Waals surface area contributed by atoms with E-state index in [1.54, 1.807) is 11.0 Å². The highest BCUT2D eigenvalue weighted by molar-refractivity contribution is 6.31. The number of aromatic carboxylic acids is 1. The van der Waals surface area contributed by atoms with Gasteiger partial charge in [0.2, 0.25) is 5.91 Å². The quantitative estimate of drug-likeness (QED) is 0.272. The third-order valence-corrected chi connectivity index (χ3v) is 10.9. The molecule has 2 saturated heterocycles.